The Morgan fingerprint density at radius 3 is 2.63 bits per heavy atom. The lowest BCUT2D eigenvalue weighted by Gasteiger charge is -2.15. The summed E-state index contributed by atoms with van der Waals surface area (Å²) >= 11 is 1.38. The van der Waals surface area contributed by atoms with Crippen LogP contribution in [0.1, 0.15) is 37.4 Å². The molecule has 0 atom stereocenters. The first-order valence-corrected chi connectivity index (χ1v) is 9.26. The second-order valence-electron chi connectivity index (χ2n) is 5.91. The Labute approximate surface area is 159 Å². The van der Waals surface area contributed by atoms with Gasteiger partial charge in [0.15, 0.2) is 6.61 Å². The van der Waals surface area contributed by atoms with E-state index in [1.54, 1.807) is 30.3 Å². The first-order valence-electron chi connectivity index (χ1n) is 8.44. The van der Waals surface area contributed by atoms with E-state index in [0.29, 0.717) is 10.4 Å². The second kappa shape index (κ2) is 8.13. The Kier molecular flexibility index (Phi) is 5.66. The Morgan fingerprint density at radius 1 is 1.19 bits per heavy atom. The number of rotatable bonds is 7. The number of nitrogens with one attached hydrogen (secondary N) is 1. The molecule has 0 spiro atoms. The summed E-state index contributed by atoms with van der Waals surface area (Å²) in [6, 6.07) is 9.65. The third-order valence-electron chi connectivity index (χ3n) is 4.12. The first kappa shape index (κ1) is 18.8. The van der Waals surface area contributed by atoms with Gasteiger partial charge in [0.2, 0.25) is 11.7 Å². The van der Waals surface area contributed by atoms with Crippen LogP contribution < -0.4 is 5.32 Å². The molecule has 0 radical (unpaired) electrons. The molecule has 7 nitrogen and oxygen atoms in total. The topological polar surface area (TPSA) is 92.8 Å². The molecule has 27 heavy (non-hydrogen) atoms. The largest absolute Gasteiger partial charge is 0.454 e. The number of hydrogen-bond acceptors (Lipinski definition) is 6. The predicted molar refractivity (Wildman–Crippen MR) is 98.7 cm³/mol. The van der Waals surface area contributed by atoms with Gasteiger partial charge in [-0.15, -0.1) is 11.3 Å². The molecule has 1 fully saturated rings. The van der Waals surface area contributed by atoms with Crippen molar-refractivity contribution in [3.8, 4) is 0 Å². The fourth-order valence-corrected chi connectivity index (χ4v) is 3.51. The minimum atomic E-state index is -0.668. The van der Waals surface area contributed by atoms with Crippen LogP contribution in [0.5, 0.6) is 0 Å². The van der Waals surface area contributed by atoms with Gasteiger partial charge in [-0.05, 0) is 30.2 Å². The number of carbonyl (C=O) groups is 4. The summed E-state index contributed by atoms with van der Waals surface area (Å²) < 4.78 is 5.16. The molecular weight excluding hydrogens is 368 g/mol. The second-order valence-corrected chi connectivity index (χ2v) is 7.08. The van der Waals surface area contributed by atoms with E-state index in [0.717, 1.165) is 16.2 Å². The summed E-state index contributed by atoms with van der Waals surface area (Å²) in [6.45, 7) is 1.55. The number of thiophene rings is 1. The average Bonchev–Trinajstić information content (AvgIpc) is 3.28. The van der Waals surface area contributed by atoms with Crippen molar-refractivity contribution >= 4 is 35.0 Å². The Morgan fingerprint density at radius 2 is 1.96 bits per heavy atom. The number of aryl methyl sites for hydroxylation is 1. The fraction of sp³-hybridized carbons (Fsp3) is 0.263. The number of hydrogen-bond donors (Lipinski definition) is 1. The molecule has 2 heterocycles. The van der Waals surface area contributed by atoms with Gasteiger partial charge in [0.05, 0.1) is 23.5 Å². The van der Waals surface area contributed by atoms with Gasteiger partial charge in [0.1, 0.15) is 0 Å². The van der Waals surface area contributed by atoms with Gasteiger partial charge in [-0.25, -0.2) is 9.59 Å². The van der Waals surface area contributed by atoms with Crippen LogP contribution >= 0.6 is 11.3 Å². The third-order valence-corrected chi connectivity index (χ3v) is 5.39. The maximum Gasteiger partial charge on any atom is 0.338 e. The molecule has 0 bridgehead atoms. The summed E-state index contributed by atoms with van der Waals surface area (Å²) in [5.41, 5.74) is 0.697. The number of amides is 3. The van der Waals surface area contributed by atoms with Gasteiger partial charge in [0.25, 0.3) is 0 Å². The summed E-state index contributed by atoms with van der Waals surface area (Å²) in [7, 11) is 0. The monoisotopic (exact) mass is 386 g/mol. The van der Waals surface area contributed by atoms with E-state index in [1.807, 2.05) is 13.0 Å². The summed E-state index contributed by atoms with van der Waals surface area (Å²) in [5.74, 6) is -1.29. The highest BCUT2D eigenvalue weighted by Gasteiger charge is 2.29. The number of carbonyl (C=O) groups excluding carboxylic acids is 4. The van der Waals surface area contributed by atoms with Gasteiger partial charge in [-0.1, -0.05) is 25.1 Å². The molecule has 1 aliphatic rings. The first-order chi connectivity index (χ1) is 13.0. The lowest BCUT2D eigenvalue weighted by atomic mass is 10.1. The number of urea groups is 1. The Hall–Kier alpha value is -3.00. The van der Waals surface area contributed by atoms with Gasteiger partial charge in [-0.2, -0.15) is 0 Å². The van der Waals surface area contributed by atoms with Gasteiger partial charge in [-0.3, -0.25) is 14.5 Å². The van der Waals surface area contributed by atoms with E-state index in [9.17, 15) is 19.2 Å². The van der Waals surface area contributed by atoms with E-state index in [1.165, 1.54) is 11.3 Å². The predicted octanol–water partition coefficient (Wildman–Crippen LogP) is 2.40. The normalized spacial score (nSPS) is 13.6. The molecule has 8 heteroatoms. The molecule has 2 aromatic rings. The molecule has 1 N–H and O–H groups in total. The van der Waals surface area contributed by atoms with Crippen molar-refractivity contribution in [1.82, 2.24) is 10.2 Å². The third kappa shape index (κ3) is 4.22. The average molecular weight is 386 g/mol. The van der Waals surface area contributed by atoms with Crippen LogP contribution in [0.25, 0.3) is 0 Å². The van der Waals surface area contributed by atoms with Crippen LogP contribution in [0.15, 0.2) is 36.4 Å². The minimum Gasteiger partial charge on any atom is -0.454 e. The van der Waals surface area contributed by atoms with Crippen LogP contribution in [-0.2, 0) is 22.5 Å². The van der Waals surface area contributed by atoms with Crippen molar-refractivity contribution < 1.29 is 23.9 Å². The molecule has 0 aliphatic carbocycles. The maximum absolute atomic E-state index is 12.4. The molecular formula is C19H18N2O5S. The highest BCUT2D eigenvalue weighted by molar-refractivity contribution is 7.14. The zero-order valence-electron chi connectivity index (χ0n) is 14.7. The summed E-state index contributed by atoms with van der Waals surface area (Å²) in [4.78, 5) is 50.7. The molecule has 3 rings (SSSR count). The maximum atomic E-state index is 12.4. The lowest BCUT2D eigenvalue weighted by Crippen LogP contribution is -2.31. The highest BCUT2D eigenvalue weighted by atomic mass is 32.1. The molecule has 1 aromatic carbocycles. The minimum absolute atomic E-state index is 0.0331. The summed E-state index contributed by atoms with van der Waals surface area (Å²) in [5, 5.41) is 2.43. The summed E-state index contributed by atoms with van der Waals surface area (Å²) in [6.07, 6.45) is 0.841. The van der Waals surface area contributed by atoms with E-state index >= 15 is 0 Å². The van der Waals surface area contributed by atoms with Gasteiger partial charge in [0, 0.05) is 4.88 Å². The number of ether oxygens (including phenoxy) is 1. The molecule has 3 amide bonds. The number of imide groups is 1. The molecule has 1 saturated heterocycles. The highest BCUT2D eigenvalue weighted by Crippen LogP contribution is 2.19. The Bertz CT molecular complexity index is 889. The standard InChI is InChI=1S/C19H18N2O5S/c1-2-13-7-8-16(27-13)15(22)11-26-18(24)14-6-4-3-5-12(14)10-21-17(23)9-20-19(21)25/h3-8H,2,9-11H2,1H3,(H,20,25). The number of benzene rings is 1. The molecule has 1 aliphatic heterocycles. The van der Waals surface area contributed by atoms with Crippen molar-refractivity contribution in [3.63, 3.8) is 0 Å². The zero-order valence-corrected chi connectivity index (χ0v) is 15.5. The quantitative estimate of drug-likeness (QED) is 0.448. The van der Waals surface area contributed by atoms with Crippen LogP contribution in [0, 0.1) is 0 Å². The lowest BCUT2D eigenvalue weighted by molar-refractivity contribution is -0.125. The van der Waals surface area contributed by atoms with E-state index in [-0.39, 0.29) is 37.0 Å². The van der Waals surface area contributed by atoms with Crippen LogP contribution in [0.2, 0.25) is 0 Å². The van der Waals surface area contributed by atoms with Crippen molar-refractivity contribution in [1.29, 1.82) is 0 Å². The van der Waals surface area contributed by atoms with Gasteiger partial charge < -0.3 is 10.1 Å². The van der Waals surface area contributed by atoms with Crippen LogP contribution in [0.4, 0.5) is 4.79 Å². The number of ketones is 1. The molecule has 1 aromatic heterocycles. The van der Waals surface area contributed by atoms with Crippen molar-refractivity contribution in [2.75, 3.05) is 13.2 Å². The SMILES string of the molecule is CCc1ccc(C(=O)COC(=O)c2ccccc2CN2C(=O)CNC2=O)s1. The number of esters is 1. The smallest absolute Gasteiger partial charge is 0.338 e. The van der Waals surface area contributed by atoms with Crippen LogP contribution in [-0.4, -0.2) is 41.7 Å². The van der Waals surface area contributed by atoms with Crippen molar-refractivity contribution in [2.45, 2.75) is 19.9 Å². The number of nitrogens with zero attached hydrogens (tertiary/aromatic N) is 1. The Balaban J connectivity index is 1.67. The molecule has 140 valence electrons. The number of Topliss-reactive ketones (excluding diaryl/α,β-unsaturated/α-hetero) is 1. The van der Waals surface area contributed by atoms with E-state index in [2.05, 4.69) is 5.32 Å². The van der Waals surface area contributed by atoms with Crippen molar-refractivity contribution in [3.05, 3.63) is 57.3 Å². The van der Waals surface area contributed by atoms with Gasteiger partial charge >= 0.3 is 12.0 Å². The van der Waals surface area contributed by atoms with Crippen LogP contribution in [0.3, 0.4) is 0 Å². The van der Waals surface area contributed by atoms with E-state index in [4.69, 9.17) is 4.74 Å². The molecule has 0 unspecified atom stereocenters. The zero-order chi connectivity index (χ0) is 19.4. The van der Waals surface area contributed by atoms with E-state index < -0.39 is 12.0 Å². The fourth-order valence-electron chi connectivity index (χ4n) is 2.64. The van der Waals surface area contributed by atoms with Crippen molar-refractivity contribution in [2.24, 2.45) is 0 Å². The molecule has 0 saturated carbocycles.